The van der Waals surface area contributed by atoms with E-state index in [1.54, 1.807) is 6.07 Å². The lowest BCUT2D eigenvalue weighted by atomic mass is 9.86. The maximum absolute atomic E-state index is 9.73. The third kappa shape index (κ3) is 3.79. The van der Waals surface area contributed by atoms with Crippen molar-refractivity contribution in [3.63, 3.8) is 0 Å². The molecule has 0 unspecified atom stereocenters. The van der Waals surface area contributed by atoms with E-state index in [1.165, 1.54) is 20.2 Å². The lowest BCUT2D eigenvalue weighted by molar-refractivity contribution is 0.669. The Morgan fingerprint density at radius 3 is 1.98 bits per heavy atom. The first-order valence-corrected chi connectivity index (χ1v) is 14.4. The van der Waals surface area contributed by atoms with E-state index in [4.69, 9.17) is 4.42 Å². The molecule has 42 heavy (non-hydrogen) atoms. The van der Waals surface area contributed by atoms with Crippen LogP contribution < -0.4 is 0 Å². The predicted molar refractivity (Wildman–Crippen MR) is 172 cm³/mol. The zero-order valence-electron chi connectivity index (χ0n) is 22.3. The van der Waals surface area contributed by atoms with E-state index in [1.807, 2.05) is 47.7 Å². The Morgan fingerprint density at radius 1 is 0.476 bits per heavy atom. The van der Waals surface area contributed by atoms with Crippen LogP contribution in [0.25, 0.3) is 75.5 Å². The quantitative estimate of drug-likeness (QED) is 0.219. The summed E-state index contributed by atoms with van der Waals surface area (Å²) in [6, 6.07) is 45.8. The summed E-state index contributed by atoms with van der Waals surface area (Å²) in [5.41, 5.74) is 9.14. The monoisotopic (exact) mass is 552 g/mol. The Labute approximate surface area is 245 Å². The number of furan rings is 1. The summed E-state index contributed by atoms with van der Waals surface area (Å²) >= 11 is 1.81. The van der Waals surface area contributed by atoms with Crippen LogP contribution in [0, 0.1) is 22.7 Å². The molecule has 0 atom stereocenters. The number of nitrogens with zero attached hydrogens (tertiary/aromatic N) is 2. The first-order chi connectivity index (χ1) is 20.7. The molecule has 8 rings (SSSR count). The summed E-state index contributed by atoms with van der Waals surface area (Å²) in [6.07, 6.45) is 0. The molecule has 0 saturated heterocycles. The molecule has 0 saturated carbocycles. The number of nitriles is 2. The van der Waals surface area contributed by atoms with Crippen LogP contribution >= 0.6 is 11.3 Å². The molecule has 2 aromatic heterocycles. The summed E-state index contributed by atoms with van der Waals surface area (Å²) in [5, 5.41) is 23.6. The zero-order chi connectivity index (χ0) is 28.2. The molecular weight excluding hydrogens is 532 g/mol. The number of hydrogen-bond acceptors (Lipinski definition) is 4. The second kappa shape index (κ2) is 9.46. The van der Waals surface area contributed by atoms with Crippen molar-refractivity contribution in [1.82, 2.24) is 0 Å². The van der Waals surface area contributed by atoms with Gasteiger partial charge in [0.25, 0.3) is 0 Å². The first-order valence-electron chi connectivity index (χ1n) is 13.6. The van der Waals surface area contributed by atoms with Crippen molar-refractivity contribution in [2.75, 3.05) is 0 Å². The number of rotatable bonds is 3. The fourth-order valence-electron chi connectivity index (χ4n) is 6.00. The van der Waals surface area contributed by atoms with Crippen molar-refractivity contribution < 1.29 is 4.42 Å². The minimum atomic E-state index is 0.600. The van der Waals surface area contributed by atoms with E-state index >= 15 is 0 Å². The standard InChI is InChI=1S/C38H20N2OS/c39-21-23-5-3-6-27(17-23)38-28(25-13-16-35-33(19-25)32-18-24(22-40)11-15-34(32)41-35)8-4-9-29(38)26-12-14-31-30-7-1-2-10-36(30)42-37(31)20-26/h1-20H. The van der Waals surface area contributed by atoms with Crippen molar-refractivity contribution in [2.45, 2.75) is 0 Å². The predicted octanol–water partition coefficient (Wildman–Crippen LogP) is 10.7. The van der Waals surface area contributed by atoms with E-state index < -0.39 is 0 Å². The van der Waals surface area contributed by atoms with Crippen molar-refractivity contribution in [3.8, 4) is 45.5 Å². The van der Waals surface area contributed by atoms with Gasteiger partial charge in [-0.2, -0.15) is 10.5 Å². The minimum Gasteiger partial charge on any atom is -0.456 e. The molecular formula is C38H20N2OS. The lowest BCUT2D eigenvalue weighted by Crippen LogP contribution is -1.91. The first kappa shape index (κ1) is 24.1. The Kier molecular flexibility index (Phi) is 5.44. The van der Waals surface area contributed by atoms with E-state index in [-0.39, 0.29) is 0 Å². The zero-order valence-corrected chi connectivity index (χ0v) is 23.1. The molecule has 194 valence electrons. The molecule has 0 N–H and O–H groups in total. The molecule has 8 aromatic rings. The molecule has 2 heterocycles. The van der Waals surface area contributed by atoms with Crippen LogP contribution in [-0.4, -0.2) is 0 Å². The Morgan fingerprint density at radius 2 is 1.14 bits per heavy atom. The molecule has 0 spiro atoms. The highest BCUT2D eigenvalue weighted by Gasteiger charge is 2.17. The topological polar surface area (TPSA) is 60.7 Å². The van der Waals surface area contributed by atoms with Gasteiger partial charge in [0.2, 0.25) is 0 Å². The van der Waals surface area contributed by atoms with Gasteiger partial charge in [0, 0.05) is 30.9 Å². The highest BCUT2D eigenvalue weighted by Crippen LogP contribution is 2.44. The highest BCUT2D eigenvalue weighted by molar-refractivity contribution is 7.25. The van der Waals surface area contributed by atoms with E-state index in [0.717, 1.165) is 55.3 Å². The number of thiophene rings is 1. The van der Waals surface area contributed by atoms with Crippen LogP contribution in [0.1, 0.15) is 11.1 Å². The van der Waals surface area contributed by atoms with Gasteiger partial charge in [-0.15, -0.1) is 11.3 Å². The Balaban J connectivity index is 1.39. The fourth-order valence-corrected chi connectivity index (χ4v) is 7.14. The maximum atomic E-state index is 9.73. The molecule has 6 aromatic carbocycles. The third-order valence-electron chi connectivity index (χ3n) is 7.94. The van der Waals surface area contributed by atoms with E-state index in [9.17, 15) is 10.5 Å². The second-order valence-electron chi connectivity index (χ2n) is 10.4. The summed E-state index contributed by atoms with van der Waals surface area (Å²) < 4.78 is 8.63. The van der Waals surface area contributed by atoms with Gasteiger partial charge in [-0.3, -0.25) is 0 Å². The van der Waals surface area contributed by atoms with Gasteiger partial charge in [-0.05, 0) is 88.0 Å². The van der Waals surface area contributed by atoms with Crippen LogP contribution in [0.4, 0.5) is 0 Å². The largest absolute Gasteiger partial charge is 0.456 e. The van der Waals surface area contributed by atoms with Crippen LogP contribution in [0.2, 0.25) is 0 Å². The van der Waals surface area contributed by atoms with Gasteiger partial charge in [0.1, 0.15) is 11.2 Å². The number of fused-ring (bicyclic) bond motifs is 6. The van der Waals surface area contributed by atoms with Gasteiger partial charge in [0.05, 0.1) is 23.3 Å². The molecule has 3 nitrogen and oxygen atoms in total. The van der Waals surface area contributed by atoms with Crippen molar-refractivity contribution in [2.24, 2.45) is 0 Å². The normalized spacial score (nSPS) is 11.3. The smallest absolute Gasteiger partial charge is 0.135 e. The Hall–Kier alpha value is -5.68. The van der Waals surface area contributed by atoms with E-state index in [0.29, 0.717) is 11.1 Å². The molecule has 0 aliphatic rings. The number of benzene rings is 6. The summed E-state index contributed by atoms with van der Waals surface area (Å²) in [5.74, 6) is 0. The summed E-state index contributed by atoms with van der Waals surface area (Å²) in [7, 11) is 0. The molecule has 0 aliphatic heterocycles. The van der Waals surface area contributed by atoms with Crippen LogP contribution in [0.3, 0.4) is 0 Å². The van der Waals surface area contributed by atoms with Crippen molar-refractivity contribution in [1.29, 1.82) is 10.5 Å². The molecule has 0 amide bonds. The summed E-state index contributed by atoms with van der Waals surface area (Å²) in [6.45, 7) is 0. The summed E-state index contributed by atoms with van der Waals surface area (Å²) in [4.78, 5) is 0. The average Bonchev–Trinajstić information content (AvgIpc) is 3.61. The van der Waals surface area contributed by atoms with Gasteiger partial charge < -0.3 is 4.42 Å². The maximum Gasteiger partial charge on any atom is 0.135 e. The third-order valence-corrected chi connectivity index (χ3v) is 9.08. The minimum absolute atomic E-state index is 0.600. The molecule has 0 aliphatic carbocycles. The van der Waals surface area contributed by atoms with Gasteiger partial charge in [0.15, 0.2) is 0 Å². The molecule has 0 fully saturated rings. The highest BCUT2D eigenvalue weighted by atomic mass is 32.1. The van der Waals surface area contributed by atoms with Crippen LogP contribution in [0.5, 0.6) is 0 Å². The van der Waals surface area contributed by atoms with Gasteiger partial charge in [-0.1, -0.05) is 66.7 Å². The molecule has 0 radical (unpaired) electrons. The fraction of sp³-hybridized carbons (Fsp3) is 0. The van der Waals surface area contributed by atoms with Crippen LogP contribution in [-0.2, 0) is 0 Å². The Bertz CT molecular complexity index is 2450. The molecule has 4 heteroatoms. The molecule has 0 bridgehead atoms. The van der Waals surface area contributed by atoms with Crippen molar-refractivity contribution in [3.05, 3.63) is 132 Å². The SMILES string of the molecule is N#Cc1cccc(-c2c(-c3ccc4c(c3)sc3ccccc34)cccc2-c2ccc3oc4ccc(C#N)cc4c3c2)c1. The average molecular weight is 553 g/mol. The van der Waals surface area contributed by atoms with Gasteiger partial charge in [-0.25, -0.2) is 0 Å². The lowest BCUT2D eigenvalue weighted by Gasteiger charge is -2.17. The van der Waals surface area contributed by atoms with Crippen molar-refractivity contribution >= 4 is 53.4 Å². The second-order valence-corrected chi connectivity index (χ2v) is 11.4. The number of hydrogen-bond donors (Lipinski definition) is 0. The van der Waals surface area contributed by atoms with Crippen LogP contribution in [0.15, 0.2) is 126 Å². The van der Waals surface area contributed by atoms with Gasteiger partial charge >= 0.3 is 0 Å². The van der Waals surface area contributed by atoms with E-state index in [2.05, 4.69) is 91.0 Å².